The quantitative estimate of drug-likeness (QED) is 0.536. The van der Waals surface area contributed by atoms with Crippen LogP contribution in [-0.2, 0) is 14.3 Å². The van der Waals surface area contributed by atoms with Gasteiger partial charge >= 0.3 is 5.97 Å². The molecule has 2 aromatic rings. The summed E-state index contributed by atoms with van der Waals surface area (Å²) in [5, 5.41) is 2.80. The molecule has 7 nitrogen and oxygen atoms in total. The first kappa shape index (κ1) is 19.9. The van der Waals surface area contributed by atoms with Gasteiger partial charge in [-0.3, -0.25) is 9.59 Å². The average Bonchev–Trinajstić information content (AvgIpc) is 3.19. The SMILES string of the molecule is COc1ccc(SCC(=O)OCC(=O)N[C@H](C)c2ccc3c(c2)OCO3)cc1. The summed E-state index contributed by atoms with van der Waals surface area (Å²) in [6.45, 7) is 1.72. The standard InChI is InChI=1S/C20H21NO6S/c1-13(14-3-8-17-18(9-14)27-12-26-17)21-19(22)10-25-20(23)11-28-16-6-4-15(24-2)5-7-16/h3-9,13H,10-12H2,1-2H3,(H,21,22)/t13-/m1/s1. The molecule has 8 heteroatoms. The topological polar surface area (TPSA) is 83.1 Å². The first-order valence-corrected chi connectivity index (χ1v) is 9.65. The first-order valence-electron chi connectivity index (χ1n) is 8.66. The molecule has 0 fully saturated rings. The first-order chi connectivity index (χ1) is 13.5. The number of fused-ring (bicyclic) bond motifs is 1. The molecule has 0 aliphatic carbocycles. The van der Waals surface area contributed by atoms with E-state index in [0.717, 1.165) is 16.2 Å². The van der Waals surface area contributed by atoms with Gasteiger partial charge in [0.1, 0.15) is 5.75 Å². The summed E-state index contributed by atoms with van der Waals surface area (Å²) in [7, 11) is 1.60. The Morgan fingerprint density at radius 3 is 2.64 bits per heavy atom. The Morgan fingerprint density at radius 2 is 1.89 bits per heavy atom. The Labute approximate surface area is 167 Å². The smallest absolute Gasteiger partial charge is 0.316 e. The lowest BCUT2D eigenvalue weighted by Crippen LogP contribution is -2.31. The molecule has 1 aliphatic heterocycles. The molecule has 0 radical (unpaired) electrons. The Kier molecular flexibility index (Phi) is 6.65. The van der Waals surface area contributed by atoms with Crippen molar-refractivity contribution in [3.05, 3.63) is 48.0 Å². The van der Waals surface area contributed by atoms with Gasteiger partial charge in [-0.1, -0.05) is 6.07 Å². The molecule has 1 amide bonds. The number of hydrogen-bond donors (Lipinski definition) is 1. The van der Waals surface area contributed by atoms with E-state index in [-0.39, 0.29) is 31.1 Å². The number of hydrogen-bond acceptors (Lipinski definition) is 7. The van der Waals surface area contributed by atoms with Gasteiger partial charge in [0.15, 0.2) is 18.1 Å². The van der Waals surface area contributed by atoms with E-state index in [1.807, 2.05) is 43.3 Å². The molecule has 28 heavy (non-hydrogen) atoms. The van der Waals surface area contributed by atoms with Crippen LogP contribution in [-0.4, -0.2) is 38.1 Å². The van der Waals surface area contributed by atoms with Crippen molar-refractivity contribution < 1.29 is 28.5 Å². The summed E-state index contributed by atoms with van der Waals surface area (Å²) in [5.74, 6) is 1.39. The van der Waals surface area contributed by atoms with Gasteiger partial charge in [0.05, 0.1) is 18.9 Å². The highest BCUT2D eigenvalue weighted by atomic mass is 32.2. The molecule has 3 rings (SSSR count). The van der Waals surface area contributed by atoms with Crippen LogP contribution in [0.4, 0.5) is 0 Å². The fraction of sp³-hybridized carbons (Fsp3) is 0.300. The van der Waals surface area contributed by atoms with E-state index in [2.05, 4.69) is 5.32 Å². The summed E-state index contributed by atoms with van der Waals surface area (Å²) < 4.78 is 20.7. The van der Waals surface area contributed by atoms with Gasteiger partial charge in [-0.05, 0) is 48.9 Å². The van der Waals surface area contributed by atoms with Gasteiger partial charge < -0.3 is 24.3 Å². The molecule has 0 bridgehead atoms. The Balaban J connectivity index is 1.40. The van der Waals surface area contributed by atoms with Gasteiger partial charge in [0.25, 0.3) is 5.91 Å². The summed E-state index contributed by atoms with van der Waals surface area (Å²) >= 11 is 1.33. The molecule has 1 heterocycles. The van der Waals surface area contributed by atoms with E-state index >= 15 is 0 Å². The number of ether oxygens (including phenoxy) is 4. The van der Waals surface area contributed by atoms with Crippen molar-refractivity contribution >= 4 is 23.6 Å². The van der Waals surface area contributed by atoms with E-state index in [1.165, 1.54) is 11.8 Å². The van der Waals surface area contributed by atoms with E-state index in [0.29, 0.717) is 11.5 Å². The van der Waals surface area contributed by atoms with Gasteiger partial charge in [0, 0.05) is 4.90 Å². The fourth-order valence-corrected chi connectivity index (χ4v) is 3.25. The molecule has 0 unspecified atom stereocenters. The van der Waals surface area contributed by atoms with E-state index in [4.69, 9.17) is 18.9 Å². The summed E-state index contributed by atoms with van der Waals surface area (Å²) in [4.78, 5) is 24.8. The molecule has 0 saturated heterocycles. The maximum absolute atomic E-state index is 12.0. The third-order valence-electron chi connectivity index (χ3n) is 4.05. The average molecular weight is 403 g/mol. The summed E-state index contributed by atoms with van der Waals surface area (Å²) in [6, 6.07) is 12.6. The summed E-state index contributed by atoms with van der Waals surface area (Å²) in [6.07, 6.45) is 0. The van der Waals surface area contributed by atoms with Crippen LogP contribution in [0.1, 0.15) is 18.5 Å². The van der Waals surface area contributed by atoms with E-state index < -0.39 is 5.97 Å². The number of nitrogens with one attached hydrogen (secondary N) is 1. The van der Waals surface area contributed by atoms with Crippen LogP contribution in [0.2, 0.25) is 0 Å². The molecule has 1 atom stereocenters. The number of rotatable bonds is 8. The highest BCUT2D eigenvalue weighted by Gasteiger charge is 2.17. The normalized spacial score (nSPS) is 12.9. The van der Waals surface area contributed by atoms with Crippen LogP contribution < -0.4 is 19.5 Å². The molecule has 0 aromatic heterocycles. The zero-order valence-electron chi connectivity index (χ0n) is 15.6. The molecular weight excluding hydrogens is 382 g/mol. The number of methoxy groups -OCH3 is 1. The Morgan fingerprint density at radius 1 is 1.14 bits per heavy atom. The lowest BCUT2D eigenvalue weighted by molar-refractivity contribution is -0.146. The minimum absolute atomic E-state index is 0.122. The minimum atomic E-state index is -0.452. The van der Waals surface area contributed by atoms with Crippen LogP contribution >= 0.6 is 11.8 Å². The number of amides is 1. The molecule has 1 aliphatic rings. The predicted molar refractivity (Wildman–Crippen MR) is 104 cm³/mol. The molecule has 148 valence electrons. The third-order valence-corrected chi connectivity index (χ3v) is 5.04. The number of esters is 1. The van der Waals surface area contributed by atoms with E-state index in [9.17, 15) is 9.59 Å². The maximum atomic E-state index is 12.0. The molecule has 1 N–H and O–H groups in total. The molecule has 2 aromatic carbocycles. The second-order valence-electron chi connectivity index (χ2n) is 6.03. The second-order valence-corrected chi connectivity index (χ2v) is 7.08. The van der Waals surface area contributed by atoms with E-state index in [1.54, 1.807) is 13.2 Å². The van der Waals surface area contributed by atoms with Crippen molar-refractivity contribution in [1.82, 2.24) is 5.32 Å². The van der Waals surface area contributed by atoms with Crippen molar-refractivity contribution in [3.63, 3.8) is 0 Å². The van der Waals surface area contributed by atoms with Gasteiger partial charge in [-0.15, -0.1) is 11.8 Å². The monoisotopic (exact) mass is 403 g/mol. The van der Waals surface area contributed by atoms with Gasteiger partial charge in [0.2, 0.25) is 6.79 Å². The largest absolute Gasteiger partial charge is 0.497 e. The minimum Gasteiger partial charge on any atom is -0.497 e. The molecule has 0 saturated carbocycles. The summed E-state index contributed by atoms with van der Waals surface area (Å²) in [5.41, 5.74) is 0.874. The van der Waals surface area contributed by atoms with Crippen molar-refractivity contribution in [2.75, 3.05) is 26.3 Å². The zero-order chi connectivity index (χ0) is 19.9. The van der Waals surface area contributed by atoms with Gasteiger partial charge in [-0.2, -0.15) is 0 Å². The van der Waals surface area contributed by atoms with Crippen molar-refractivity contribution in [1.29, 1.82) is 0 Å². The number of thioether (sulfide) groups is 1. The molecule has 0 spiro atoms. The van der Waals surface area contributed by atoms with Crippen LogP contribution in [0.5, 0.6) is 17.2 Å². The Hall–Kier alpha value is -2.87. The third kappa shape index (κ3) is 5.32. The van der Waals surface area contributed by atoms with Crippen molar-refractivity contribution in [2.45, 2.75) is 17.9 Å². The van der Waals surface area contributed by atoms with Crippen molar-refractivity contribution in [2.24, 2.45) is 0 Å². The molecular formula is C20H21NO6S. The van der Waals surface area contributed by atoms with Crippen LogP contribution in [0.15, 0.2) is 47.4 Å². The predicted octanol–water partition coefficient (Wildman–Crippen LogP) is 2.94. The lowest BCUT2D eigenvalue weighted by atomic mass is 10.1. The second kappa shape index (κ2) is 9.36. The Bertz CT molecular complexity index is 839. The highest BCUT2D eigenvalue weighted by molar-refractivity contribution is 8.00. The van der Waals surface area contributed by atoms with Crippen LogP contribution in [0.25, 0.3) is 0 Å². The lowest BCUT2D eigenvalue weighted by Gasteiger charge is -2.15. The zero-order valence-corrected chi connectivity index (χ0v) is 16.4. The van der Waals surface area contributed by atoms with Crippen molar-refractivity contribution in [3.8, 4) is 17.2 Å². The maximum Gasteiger partial charge on any atom is 0.316 e. The number of carbonyl (C=O) groups is 2. The van der Waals surface area contributed by atoms with Crippen LogP contribution in [0.3, 0.4) is 0 Å². The van der Waals surface area contributed by atoms with Crippen LogP contribution in [0, 0.1) is 0 Å². The highest BCUT2D eigenvalue weighted by Crippen LogP contribution is 2.34. The number of carbonyl (C=O) groups excluding carboxylic acids is 2. The fourth-order valence-electron chi connectivity index (χ4n) is 2.55. The van der Waals surface area contributed by atoms with Gasteiger partial charge in [-0.25, -0.2) is 0 Å². The number of benzene rings is 2.